The number of nitrogens with one attached hydrogen (secondary N) is 1. The zero-order valence-corrected chi connectivity index (χ0v) is 11.8. The number of hydrogen-bond acceptors (Lipinski definition) is 2. The molecule has 0 aliphatic rings. The highest BCUT2D eigenvalue weighted by Crippen LogP contribution is 2.34. The molecule has 0 fully saturated rings. The van der Waals surface area contributed by atoms with Gasteiger partial charge in [-0.3, -0.25) is 0 Å². The van der Waals surface area contributed by atoms with Crippen LogP contribution in [0.5, 0.6) is 0 Å². The SMILES string of the molecule is CNC(C)c1ccc(-c2cc(Cl)ccc2C)s1. The minimum atomic E-state index is 0.397. The summed E-state index contributed by atoms with van der Waals surface area (Å²) in [5, 5.41) is 4.05. The Bertz CT molecular complexity index is 519. The van der Waals surface area contributed by atoms with E-state index in [2.05, 4.69) is 37.4 Å². The van der Waals surface area contributed by atoms with Gasteiger partial charge in [-0.2, -0.15) is 0 Å². The second kappa shape index (κ2) is 5.21. The lowest BCUT2D eigenvalue weighted by Gasteiger charge is -2.07. The van der Waals surface area contributed by atoms with Crippen LogP contribution in [0, 0.1) is 6.92 Å². The number of aryl methyl sites for hydroxylation is 1. The predicted octanol–water partition coefficient (Wildman–Crippen LogP) is 4.66. The van der Waals surface area contributed by atoms with Crippen molar-refractivity contribution in [3.8, 4) is 10.4 Å². The van der Waals surface area contributed by atoms with Crippen molar-refractivity contribution in [2.45, 2.75) is 19.9 Å². The summed E-state index contributed by atoms with van der Waals surface area (Å²) >= 11 is 7.88. The van der Waals surface area contributed by atoms with Crippen molar-refractivity contribution in [1.82, 2.24) is 5.32 Å². The van der Waals surface area contributed by atoms with Crippen LogP contribution in [-0.2, 0) is 0 Å². The van der Waals surface area contributed by atoms with Gasteiger partial charge >= 0.3 is 0 Å². The maximum atomic E-state index is 6.06. The zero-order valence-electron chi connectivity index (χ0n) is 10.3. The molecule has 0 spiro atoms. The summed E-state index contributed by atoms with van der Waals surface area (Å²) in [7, 11) is 1.98. The van der Waals surface area contributed by atoms with Gasteiger partial charge in [0.05, 0.1) is 0 Å². The van der Waals surface area contributed by atoms with E-state index in [0.29, 0.717) is 6.04 Å². The molecular weight excluding hydrogens is 250 g/mol. The average Bonchev–Trinajstić information content (AvgIpc) is 2.80. The van der Waals surface area contributed by atoms with Crippen LogP contribution < -0.4 is 5.32 Å². The minimum Gasteiger partial charge on any atom is -0.313 e. The van der Waals surface area contributed by atoms with E-state index < -0.39 is 0 Å². The lowest BCUT2D eigenvalue weighted by Crippen LogP contribution is -2.10. The van der Waals surface area contributed by atoms with Crippen molar-refractivity contribution >= 4 is 22.9 Å². The molecule has 0 aliphatic carbocycles. The van der Waals surface area contributed by atoms with Gasteiger partial charge in [0.15, 0.2) is 0 Å². The fraction of sp³-hybridized carbons (Fsp3) is 0.286. The summed E-state index contributed by atoms with van der Waals surface area (Å²) in [6.45, 7) is 4.28. The Kier molecular flexibility index (Phi) is 3.87. The van der Waals surface area contributed by atoms with Gasteiger partial charge in [0, 0.05) is 20.8 Å². The number of benzene rings is 1. The van der Waals surface area contributed by atoms with Crippen LogP contribution in [0.1, 0.15) is 23.4 Å². The van der Waals surface area contributed by atoms with Crippen molar-refractivity contribution in [1.29, 1.82) is 0 Å². The molecule has 0 amide bonds. The Hall–Kier alpha value is -0.830. The van der Waals surface area contributed by atoms with Crippen molar-refractivity contribution < 1.29 is 0 Å². The largest absolute Gasteiger partial charge is 0.313 e. The summed E-state index contributed by atoms with van der Waals surface area (Å²) in [4.78, 5) is 2.63. The first-order valence-electron chi connectivity index (χ1n) is 5.65. The molecule has 0 bridgehead atoms. The van der Waals surface area contributed by atoms with Gasteiger partial charge < -0.3 is 5.32 Å². The molecule has 1 atom stereocenters. The van der Waals surface area contributed by atoms with Crippen LogP contribution in [0.15, 0.2) is 30.3 Å². The molecule has 1 heterocycles. The van der Waals surface area contributed by atoms with E-state index in [9.17, 15) is 0 Å². The third kappa shape index (κ3) is 2.71. The quantitative estimate of drug-likeness (QED) is 0.851. The van der Waals surface area contributed by atoms with E-state index in [-0.39, 0.29) is 0 Å². The second-order valence-corrected chi connectivity index (χ2v) is 5.72. The van der Waals surface area contributed by atoms with Crippen LogP contribution >= 0.6 is 22.9 Å². The molecule has 17 heavy (non-hydrogen) atoms. The van der Waals surface area contributed by atoms with E-state index >= 15 is 0 Å². The van der Waals surface area contributed by atoms with Crippen LogP contribution in [0.2, 0.25) is 5.02 Å². The van der Waals surface area contributed by atoms with E-state index in [1.807, 2.05) is 30.5 Å². The predicted molar refractivity (Wildman–Crippen MR) is 77.0 cm³/mol. The molecule has 0 radical (unpaired) electrons. The Labute approximate surface area is 111 Å². The van der Waals surface area contributed by atoms with E-state index in [4.69, 9.17) is 11.6 Å². The van der Waals surface area contributed by atoms with E-state index in [0.717, 1.165) is 5.02 Å². The monoisotopic (exact) mass is 265 g/mol. The number of rotatable bonds is 3. The van der Waals surface area contributed by atoms with E-state index in [1.165, 1.54) is 20.9 Å². The molecule has 0 saturated carbocycles. The van der Waals surface area contributed by atoms with Crippen LogP contribution in [0.3, 0.4) is 0 Å². The molecule has 1 nitrogen and oxygen atoms in total. The third-order valence-electron chi connectivity index (χ3n) is 2.95. The molecule has 1 unspecified atom stereocenters. The van der Waals surface area contributed by atoms with Crippen molar-refractivity contribution in [3.63, 3.8) is 0 Å². The summed E-state index contributed by atoms with van der Waals surface area (Å²) in [5.74, 6) is 0. The highest BCUT2D eigenvalue weighted by molar-refractivity contribution is 7.15. The average molecular weight is 266 g/mol. The fourth-order valence-corrected chi connectivity index (χ4v) is 3.05. The van der Waals surface area contributed by atoms with Gasteiger partial charge in [-0.05, 0) is 56.3 Å². The lowest BCUT2D eigenvalue weighted by molar-refractivity contribution is 0.664. The van der Waals surface area contributed by atoms with Crippen LogP contribution in [-0.4, -0.2) is 7.05 Å². The second-order valence-electron chi connectivity index (χ2n) is 4.17. The number of hydrogen-bond donors (Lipinski definition) is 1. The molecular formula is C14H16ClNS. The molecule has 0 aliphatic heterocycles. The molecule has 90 valence electrons. The first-order valence-corrected chi connectivity index (χ1v) is 6.85. The van der Waals surface area contributed by atoms with Crippen molar-refractivity contribution in [2.75, 3.05) is 7.05 Å². The van der Waals surface area contributed by atoms with Gasteiger partial charge in [-0.25, -0.2) is 0 Å². The molecule has 3 heteroatoms. The topological polar surface area (TPSA) is 12.0 Å². The third-order valence-corrected chi connectivity index (χ3v) is 4.49. The Morgan fingerprint density at radius 2 is 2.00 bits per heavy atom. The molecule has 1 N–H and O–H groups in total. The van der Waals surface area contributed by atoms with Gasteiger partial charge in [-0.15, -0.1) is 11.3 Å². The number of halogens is 1. The molecule has 2 aromatic rings. The summed E-state index contributed by atoms with van der Waals surface area (Å²) in [5.41, 5.74) is 2.50. The van der Waals surface area contributed by atoms with Gasteiger partial charge in [0.25, 0.3) is 0 Å². The summed E-state index contributed by atoms with van der Waals surface area (Å²) in [6, 6.07) is 10.8. The standard InChI is InChI=1S/C14H16ClNS/c1-9-4-5-11(15)8-12(9)14-7-6-13(17-14)10(2)16-3/h4-8,10,16H,1-3H3. The highest BCUT2D eigenvalue weighted by Gasteiger charge is 2.09. The Morgan fingerprint density at radius 3 is 2.71 bits per heavy atom. The van der Waals surface area contributed by atoms with Gasteiger partial charge in [0.1, 0.15) is 0 Å². The molecule has 0 saturated heterocycles. The van der Waals surface area contributed by atoms with Gasteiger partial charge in [-0.1, -0.05) is 17.7 Å². The summed E-state index contributed by atoms with van der Waals surface area (Å²) < 4.78 is 0. The normalized spacial score (nSPS) is 12.7. The van der Waals surface area contributed by atoms with Crippen molar-refractivity contribution in [2.24, 2.45) is 0 Å². The maximum Gasteiger partial charge on any atom is 0.0412 e. The summed E-state index contributed by atoms with van der Waals surface area (Å²) in [6.07, 6.45) is 0. The van der Waals surface area contributed by atoms with Gasteiger partial charge in [0.2, 0.25) is 0 Å². The Balaban J connectivity index is 2.40. The molecule has 1 aromatic carbocycles. The molecule has 2 rings (SSSR count). The zero-order chi connectivity index (χ0) is 12.4. The van der Waals surface area contributed by atoms with Crippen LogP contribution in [0.25, 0.3) is 10.4 Å². The van der Waals surface area contributed by atoms with Crippen molar-refractivity contribution in [3.05, 3.63) is 45.8 Å². The highest BCUT2D eigenvalue weighted by atomic mass is 35.5. The smallest absolute Gasteiger partial charge is 0.0412 e. The lowest BCUT2D eigenvalue weighted by atomic mass is 10.1. The minimum absolute atomic E-state index is 0.397. The first-order chi connectivity index (χ1) is 8.11. The Morgan fingerprint density at radius 1 is 1.24 bits per heavy atom. The first kappa shape index (κ1) is 12.6. The maximum absolute atomic E-state index is 6.06. The van der Waals surface area contributed by atoms with Crippen LogP contribution in [0.4, 0.5) is 0 Å². The number of thiophene rings is 1. The molecule has 1 aromatic heterocycles. The van der Waals surface area contributed by atoms with E-state index in [1.54, 1.807) is 0 Å². The fourth-order valence-electron chi connectivity index (χ4n) is 1.73.